The lowest BCUT2D eigenvalue weighted by Gasteiger charge is -2.34. The van der Waals surface area contributed by atoms with Crippen LogP contribution in [0.4, 0.5) is 79.0 Å². The molecule has 0 aliphatic carbocycles. The highest BCUT2D eigenvalue weighted by Crippen LogP contribution is 2.55. The molecule has 0 aromatic carbocycles. The van der Waals surface area contributed by atoms with Crippen molar-refractivity contribution in [2.45, 2.75) is 145 Å². The number of hydrogen-bond acceptors (Lipinski definition) is 2. The maximum atomic E-state index is 13.9. The lowest BCUT2D eigenvalue weighted by molar-refractivity contribution is -0.396. The molecule has 0 saturated carbocycles. The van der Waals surface area contributed by atoms with E-state index in [0.29, 0.717) is 11.3 Å². The molecule has 0 aromatic rings. The molecule has 0 atom stereocenters. The van der Waals surface area contributed by atoms with E-state index < -0.39 is 91.8 Å². The zero-order valence-electron chi connectivity index (χ0n) is 25.6. The Hall–Kier alpha value is -1.57. The maximum Gasteiger partial charge on any atom is 0.460 e. The van der Waals surface area contributed by atoms with Gasteiger partial charge in [-0.2, -0.15) is 79.0 Å². The van der Waals surface area contributed by atoms with Crippen molar-refractivity contribution in [1.82, 2.24) is 4.90 Å². The van der Waals surface area contributed by atoms with Gasteiger partial charge in [-0.25, -0.2) is 0 Å². The van der Waals surface area contributed by atoms with E-state index in [1.165, 1.54) is 0 Å². The number of thiocarbonyl (C=S) groups is 1. The number of nitrogens with zero attached hydrogens (tertiary/aromatic N) is 1. The molecule has 0 bridgehead atoms. The highest BCUT2D eigenvalue weighted by atomic mass is 32.1. The quantitative estimate of drug-likeness (QED) is 0.0584. The molecule has 21 heteroatoms. The summed E-state index contributed by atoms with van der Waals surface area (Å²) in [6.45, 7) is -0.420. The second-order valence-corrected chi connectivity index (χ2v) is 11.5. The smallest absolute Gasteiger partial charge is 0.460 e. The summed E-state index contributed by atoms with van der Waals surface area (Å²) in [5.41, 5.74) is 0. The highest BCUT2D eigenvalue weighted by Gasteiger charge is 2.82. The highest BCUT2D eigenvalue weighted by molar-refractivity contribution is 7.80. The van der Waals surface area contributed by atoms with Crippen molar-refractivity contribution in [3.8, 4) is 0 Å². The molecule has 0 aliphatic heterocycles. The van der Waals surface area contributed by atoms with Gasteiger partial charge in [0.2, 0.25) is 0 Å². The van der Waals surface area contributed by atoms with E-state index in [0.717, 1.165) is 51.4 Å². The Bertz CT molecular complexity index is 896. The first-order valence-corrected chi connectivity index (χ1v) is 15.3. The third-order valence-corrected chi connectivity index (χ3v) is 7.61. The van der Waals surface area contributed by atoms with Crippen LogP contribution in [-0.4, -0.2) is 77.7 Å². The normalized spacial score (nSPS) is 14.4. The number of halogens is 18. The molecule has 0 heterocycles. The molecule has 48 heavy (non-hydrogen) atoms. The van der Waals surface area contributed by atoms with Gasteiger partial charge < -0.3 is 9.64 Å². The Morgan fingerprint density at radius 2 is 0.771 bits per heavy atom. The maximum absolute atomic E-state index is 13.9. The Morgan fingerprint density at radius 3 is 1.08 bits per heavy atom. The zero-order chi connectivity index (χ0) is 37.9. The van der Waals surface area contributed by atoms with Crippen molar-refractivity contribution < 1.29 is 83.8 Å². The predicted molar refractivity (Wildman–Crippen MR) is 142 cm³/mol. The van der Waals surface area contributed by atoms with Crippen LogP contribution in [0.1, 0.15) is 96.8 Å². The average Bonchev–Trinajstić information content (AvgIpc) is 2.93. The lowest BCUT2D eigenvalue weighted by atomic mass is 9.99. The van der Waals surface area contributed by atoms with Gasteiger partial charge in [0.1, 0.15) is 0 Å². The summed E-state index contributed by atoms with van der Waals surface area (Å²) in [4.78, 5) is 0.442. The van der Waals surface area contributed by atoms with Gasteiger partial charge in [0.15, 0.2) is 0 Å². The molecule has 0 aromatic heterocycles. The van der Waals surface area contributed by atoms with Crippen LogP contribution in [0.2, 0.25) is 0 Å². The van der Waals surface area contributed by atoms with Crippen LogP contribution in [0, 0.1) is 0 Å². The SMILES string of the molecule is CCCCCCCCCCCCOC(=S)N(CCCC(F)(F)C(F)(F)C(F)(F)C(F)(F)F)CCCC(F)(F)C(F)(F)C(F)(F)C(F)(F)F. The number of ether oxygens (including phenoxy) is 1. The second-order valence-electron chi connectivity index (χ2n) is 11.2. The Balaban J connectivity index is 5.49. The molecule has 0 amide bonds. The van der Waals surface area contributed by atoms with E-state index in [9.17, 15) is 79.0 Å². The summed E-state index contributed by atoms with van der Waals surface area (Å²) in [7, 11) is 0. The molecule has 0 aliphatic rings. The molecular formula is C27H37F18NOS. The van der Waals surface area contributed by atoms with E-state index in [-0.39, 0.29) is 13.0 Å². The molecule has 0 radical (unpaired) electrons. The van der Waals surface area contributed by atoms with Gasteiger partial charge in [-0.15, -0.1) is 0 Å². The van der Waals surface area contributed by atoms with Crippen molar-refractivity contribution in [2.24, 2.45) is 0 Å². The van der Waals surface area contributed by atoms with Crippen LogP contribution in [0.15, 0.2) is 0 Å². The minimum absolute atomic E-state index is 0.232. The Kier molecular flexibility index (Phi) is 17.5. The number of alkyl halides is 18. The minimum atomic E-state index is -7.19. The Morgan fingerprint density at radius 1 is 0.458 bits per heavy atom. The van der Waals surface area contributed by atoms with Gasteiger partial charge >= 0.3 is 47.9 Å². The van der Waals surface area contributed by atoms with Gasteiger partial charge in [0.25, 0.3) is 5.17 Å². The molecule has 288 valence electrons. The molecular weight excluding hydrogens is 728 g/mol. The molecule has 0 rings (SSSR count). The summed E-state index contributed by atoms with van der Waals surface area (Å²) in [5.74, 6) is -40.3. The van der Waals surface area contributed by atoms with Crippen LogP contribution < -0.4 is 0 Å². The summed E-state index contributed by atoms with van der Waals surface area (Å²) in [6.07, 6.45) is -13.0. The van der Waals surface area contributed by atoms with Crippen molar-refractivity contribution in [3.05, 3.63) is 0 Å². The second kappa shape index (κ2) is 18.1. The summed E-state index contributed by atoms with van der Waals surface area (Å²) < 4.78 is 242. The van der Waals surface area contributed by atoms with E-state index in [2.05, 4.69) is 6.92 Å². The first-order chi connectivity index (χ1) is 21.5. The Labute approximate surface area is 270 Å². The lowest BCUT2D eigenvalue weighted by Crippen LogP contribution is -2.61. The predicted octanol–water partition coefficient (Wildman–Crippen LogP) is 12.0. The van der Waals surface area contributed by atoms with E-state index in [1.54, 1.807) is 0 Å². The summed E-state index contributed by atoms with van der Waals surface area (Å²) in [6, 6.07) is 0. The third kappa shape index (κ3) is 12.0. The monoisotopic (exact) mass is 765 g/mol. The average molecular weight is 766 g/mol. The van der Waals surface area contributed by atoms with Gasteiger partial charge in [-0.1, -0.05) is 64.7 Å². The van der Waals surface area contributed by atoms with Crippen LogP contribution in [-0.2, 0) is 4.74 Å². The van der Waals surface area contributed by atoms with Crippen LogP contribution in [0.5, 0.6) is 0 Å². The van der Waals surface area contributed by atoms with Crippen LogP contribution >= 0.6 is 12.2 Å². The van der Waals surface area contributed by atoms with Crippen LogP contribution in [0.3, 0.4) is 0 Å². The molecule has 0 unspecified atom stereocenters. The van der Waals surface area contributed by atoms with Crippen molar-refractivity contribution in [3.63, 3.8) is 0 Å². The van der Waals surface area contributed by atoms with Crippen molar-refractivity contribution >= 4 is 17.4 Å². The fourth-order valence-electron chi connectivity index (χ4n) is 4.25. The standard InChI is InChI=1S/C27H37F18NOS/c1-2-3-4-5-6-7-8-9-10-11-18-47-19(48)46(16-12-14-20(28,29)22(32,33)24(36,37)26(40,41)42)17-13-15-21(30,31)23(34,35)25(38,39)27(43,44)45/h2-18H2,1H3. The number of hydrogen-bond donors (Lipinski definition) is 0. The zero-order valence-corrected chi connectivity index (χ0v) is 26.4. The van der Waals surface area contributed by atoms with E-state index in [1.807, 2.05) is 0 Å². The van der Waals surface area contributed by atoms with Gasteiger partial charge in [-0.05, 0) is 31.5 Å². The van der Waals surface area contributed by atoms with Crippen molar-refractivity contribution in [1.29, 1.82) is 0 Å². The molecule has 2 nitrogen and oxygen atoms in total. The van der Waals surface area contributed by atoms with E-state index >= 15 is 0 Å². The summed E-state index contributed by atoms with van der Waals surface area (Å²) in [5, 5.41) is -0.794. The molecule has 0 saturated heterocycles. The van der Waals surface area contributed by atoms with Crippen LogP contribution in [0.25, 0.3) is 0 Å². The van der Waals surface area contributed by atoms with Gasteiger partial charge in [-0.3, -0.25) is 0 Å². The van der Waals surface area contributed by atoms with Gasteiger partial charge in [0.05, 0.1) is 6.61 Å². The number of rotatable bonds is 23. The largest absolute Gasteiger partial charge is 0.471 e. The fraction of sp³-hybridized carbons (Fsp3) is 0.963. The van der Waals surface area contributed by atoms with E-state index in [4.69, 9.17) is 17.0 Å². The molecule has 0 fully saturated rings. The third-order valence-electron chi connectivity index (χ3n) is 7.24. The molecule has 0 N–H and O–H groups in total. The first-order valence-electron chi connectivity index (χ1n) is 14.9. The topological polar surface area (TPSA) is 12.5 Å². The number of unbranched alkanes of at least 4 members (excludes halogenated alkanes) is 9. The minimum Gasteiger partial charge on any atom is -0.471 e. The van der Waals surface area contributed by atoms with Gasteiger partial charge in [0, 0.05) is 25.9 Å². The summed E-state index contributed by atoms with van der Waals surface area (Å²) >= 11 is 4.82. The molecule has 0 spiro atoms. The van der Waals surface area contributed by atoms with Crippen molar-refractivity contribution in [2.75, 3.05) is 19.7 Å². The first kappa shape index (κ1) is 46.4. The fourth-order valence-corrected chi connectivity index (χ4v) is 4.51.